The first-order valence-corrected chi connectivity index (χ1v) is 7.53. The van der Waals surface area contributed by atoms with Crippen molar-refractivity contribution in [2.24, 2.45) is 0 Å². The number of rotatable bonds is 5. The summed E-state index contributed by atoms with van der Waals surface area (Å²) < 4.78 is 0. The Kier molecular flexibility index (Phi) is 6.32. The van der Waals surface area contributed by atoms with Gasteiger partial charge in [-0.25, -0.2) is 4.79 Å². The summed E-state index contributed by atoms with van der Waals surface area (Å²) in [7, 11) is 0. The van der Waals surface area contributed by atoms with Gasteiger partial charge in [0.2, 0.25) is 0 Å². The third kappa shape index (κ3) is 4.76. The second-order valence-corrected chi connectivity index (χ2v) is 5.89. The van der Waals surface area contributed by atoms with Crippen molar-refractivity contribution in [1.29, 1.82) is 0 Å². The van der Waals surface area contributed by atoms with Crippen LogP contribution in [-0.2, 0) is 4.79 Å². The molecule has 1 aliphatic heterocycles. The number of carboxylic acids is 1. The van der Waals surface area contributed by atoms with Crippen molar-refractivity contribution < 1.29 is 14.7 Å². The molecule has 0 unspecified atom stereocenters. The molecule has 6 heteroatoms. The minimum absolute atomic E-state index is 0.0516. The summed E-state index contributed by atoms with van der Waals surface area (Å²) in [6.45, 7) is 6.05. The number of hydrogen-bond acceptors (Lipinski definition) is 3. The van der Waals surface area contributed by atoms with E-state index in [4.69, 9.17) is 5.11 Å². The van der Waals surface area contributed by atoms with Gasteiger partial charge in [-0.3, -0.25) is 4.79 Å². The van der Waals surface area contributed by atoms with Gasteiger partial charge < -0.3 is 14.9 Å². The van der Waals surface area contributed by atoms with E-state index in [0.717, 1.165) is 24.6 Å². The van der Waals surface area contributed by atoms with E-state index in [-0.39, 0.29) is 18.5 Å². The lowest BCUT2D eigenvalue weighted by molar-refractivity contribution is -0.137. The molecule has 0 aromatic rings. The van der Waals surface area contributed by atoms with E-state index in [1.807, 2.05) is 30.5 Å². The van der Waals surface area contributed by atoms with Crippen molar-refractivity contribution in [2.75, 3.05) is 31.1 Å². The zero-order valence-electron chi connectivity index (χ0n) is 11.1. The van der Waals surface area contributed by atoms with Gasteiger partial charge in [0.15, 0.2) is 0 Å². The van der Waals surface area contributed by atoms with E-state index in [9.17, 15) is 9.59 Å². The number of thioether (sulfide) groups is 1. The molecule has 1 N–H and O–H groups in total. The van der Waals surface area contributed by atoms with Gasteiger partial charge in [-0.1, -0.05) is 0 Å². The molecule has 0 bridgehead atoms. The van der Waals surface area contributed by atoms with Gasteiger partial charge in [0, 0.05) is 43.6 Å². The maximum atomic E-state index is 12.3. The highest BCUT2D eigenvalue weighted by Crippen LogP contribution is 2.13. The van der Waals surface area contributed by atoms with Crippen LogP contribution in [0.4, 0.5) is 4.79 Å². The van der Waals surface area contributed by atoms with E-state index in [1.54, 1.807) is 4.90 Å². The normalized spacial score (nSPS) is 15.8. The van der Waals surface area contributed by atoms with Crippen LogP contribution in [-0.4, -0.2) is 64.1 Å². The number of amides is 2. The Hall–Kier alpha value is -0.910. The van der Waals surface area contributed by atoms with Gasteiger partial charge in [0.05, 0.1) is 0 Å². The predicted molar refractivity (Wildman–Crippen MR) is 73.0 cm³/mol. The quantitative estimate of drug-likeness (QED) is 0.829. The number of aliphatic carboxylic acids is 1. The van der Waals surface area contributed by atoms with Crippen LogP contribution >= 0.6 is 11.8 Å². The lowest BCUT2D eigenvalue weighted by atomic mass is 10.2. The molecule has 0 aromatic carbocycles. The minimum Gasteiger partial charge on any atom is -0.481 e. The Balaban J connectivity index is 2.48. The van der Waals surface area contributed by atoms with E-state index in [1.165, 1.54) is 0 Å². The van der Waals surface area contributed by atoms with Gasteiger partial charge in [-0.05, 0) is 20.3 Å². The summed E-state index contributed by atoms with van der Waals surface area (Å²) in [6.07, 6.45) is 0.633. The molecule has 0 spiro atoms. The number of urea groups is 1. The monoisotopic (exact) mass is 274 g/mol. The lowest BCUT2D eigenvalue weighted by Gasteiger charge is -2.35. The lowest BCUT2D eigenvalue weighted by Crippen LogP contribution is -2.49. The molecule has 1 rings (SSSR count). The molecule has 0 radical (unpaired) electrons. The molecule has 0 saturated carbocycles. The van der Waals surface area contributed by atoms with Gasteiger partial charge >= 0.3 is 12.0 Å². The van der Waals surface area contributed by atoms with Crippen LogP contribution in [0.15, 0.2) is 0 Å². The fraction of sp³-hybridized carbons (Fsp3) is 0.833. The molecule has 104 valence electrons. The van der Waals surface area contributed by atoms with Crippen molar-refractivity contribution in [3.05, 3.63) is 0 Å². The van der Waals surface area contributed by atoms with E-state index < -0.39 is 5.97 Å². The summed E-state index contributed by atoms with van der Waals surface area (Å²) in [6, 6.07) is 0.163. The fourth-order valence-electron chi connectivity index (χ4n) is 1.91. The Bertz CT molecular complexity index is 291. The highest BCUT2D eigenvalue weighted by atomic mass is 32.2. The molecule has 18 heavy (non-hydrogen) atoms. The Morgan fingerprint density at radius 3 is 2.44 bits per heavy atom. The van der Waals surface area contributed by atoms with Gasteiger partial charge in [0.1, 0.15) is 0 Å². The predicted octanol–water partition coefficient (Wildman–Crippen LogP) is 1.73. The van der Waals surface area contributed by atoms with E-state index in [0.29, 0.717) is 13.0 Å². The fourth-order valence-corrected chi connectivity index (χ4v) is 2.81. The summed E-state index contributed by atoms with van der Waals surface area (Å²) in [4.78, 5) is 26.5. The zero-order valence-corrected chi connectivity index (χ0v) is 11.9. The molecule has 1 fully saturated rings. The number of nitrogens with zero attached hydrogens (tertiary/aromatic N) is 2. The minimum atomic E-state index is -0.805. The van der Waals surface area contributed by atoms with Crippen LogP contribution in [0.2, 0.25) is 0 Å². The van der Waals surface area contributed by atoms with Crippen LogP contribution in [0.5, 0.6) is 0 Å². The Morgan fingerprint density at radius 1 is 1.33 bits per heavy atom. The summed E-state index contributed by atoms with van der Waals surface area (Å²) in [5.41, 5.74) is 0. The van der Waals surface area contributed by atoms with Crippen LogP contribution < -0.4 is 0 Å². The summed E-state index contributed by atoms with van der Waals surface area (Å²) in [5, 5.41) is 8.64. The summed E-state index contributed by atoms with van der Waals surface area (Å²) >= 11 is 1.87. The van der Waals surface area contributed by atoms with Crippen molar-refractivity contribution in [2.45, 2.75) is 32.7 Å². The average molecular weight is 274 g/mol. The van der Waals surface area contributed by atoms with Crippen LogP contribution in [0.1, 0.15) is 26.7 Å². The Morgan fingerprint density at radius 2 is 1.94 bits per heavy atom. The van der Waals surface area contributed by atoms with Gasteiger partial charge in [-0.2, -0.15) is 11.8 Å². The number of carbonyl (C=O) groups is 2. The first kappa shape index (κ1) is 15.1. The molecule has 0 aliphatic carbocycles. The largest absolute Gasteiger partial charge is 0.481 e. The summed E-state index contributed by atoms with van der Waals surface area (Å²) in [5.74, 6) is 1.18. The van der Waals surface area contributed by atoms with Crippen LogP contribution in [0.25, 0.3) is 0 Å². The van der Waals surface area contributed by atoms with Crippen molar-refractivity contribution >= 4 is 23.8 Å². The molecule has 5 nitrogen and oxygen atoms in total. The average Bonchev–Trinajstić information content (AvgIpc) is 2.34. The SMILES string of the molecule is CC(C)N(CCCC(=O)O)C(=O)N1CCSCC1. The highest BCUT2D eigenvalue weighted by Gasteiger charge is 2.24. The smallest absolute Gasteiger partial charge is 0.320 e. The van der Waals surface area contributed by atoms with E-state index >= 15 is 0 Å². The molecule has 0 atom stereocenters. The number of carbonyl (C=O) groups excluding carboxylic acids is 1. The molecule has 0 aromatic heterocycles. The maximum absolute atomic E-state index is 12.3. The second-order valence-electron chi connectivity index (χ2n) is 4.67. The highest BCUT2D eigenvalue weighted by molar-refractivity contribution is 7.99. The molecule has 1 aliphatic rings. The first-order valence-electron chi connectivity index (χ1n) is 6.37. The third-order valence-electron chi connectivity index (χ3n) is 2.94. The van der Waals surface area contributed by atoms with E-state index in [2.05, 4.69) is 0 Å². The number of carboxylic acid groups (broad SMARTS) is 1. The molecule has 1 heterocycles. The third-order valence-corrected chi connectivity index (χ3v) is 3.88. The van der Waals surface area contributed by atoms with Crippen molar-refractivity contribution in [3.63, 3.8) is 0 Å². The van der Waals surface area contributed by atoms with Gasteiger partial charge in [0.25, 0.3) is 0 Å². The molecular weight excluding hydrogens is 252 g/mol. The standard InChI is InChI=1S/C12H22N2O3S/c1-10(2)14(5-3-4-11(15)16)12(17)13-6-8-18-9-7-13/h10H,3-9H2,1-2H3,(H,15,16). The number of hydrogen-bond donors (Lipinski definition) is 1. The first-order chi connectivity index (χ1) is 8.52. The second kappa shape index (κ2) is 7.51. The Labute approximate surface area is 113 Å². The van der Waals surface area contributed by atoms with Crippen LogP contribution in [0, 0.1) is 0 Å². The van der Waals surface area contributed by atoms with Crippen LogP contribution in [0.3, 0.4) is 0 Å². The van der Waals surface area contributed by atoms with Crippen molar-refractivity contribution in [1.82, 2.24) is 9.80 Å². The molecule has 2 amide bonds. The topological polar surface area (TPSA) is 60.9 Å². The van der Waals surface area contributed by atoms with Crippen molar-refractivity contribution in [3.8, 4) is 0 Å². The molecular formula is C12H22N2O3S. The zero-order chi connectivity index (χ0) is 13.5. The van der Waals surface area contributed by atoms with Gasteiger partial charge in [-0.15, -0.1) is 0 Å². The molecule has 1 saturated heterocycles. The maximum Gasteiger partial charge on any atom is 0.320 e.